The lowest BCUT2D eigenvalue weighted by Crippen LogP contribution is -2.17. The van der Waals surface area contributed by atoms with Crippen LogP contribution in [0.5, 0.6) is 0 Å². The van der Waals surface area contributed by atoms with Crippen LogP contribution in [-0.4, -0.2) is 35.9 Å². The minimum Gasteiger partial charge on any atom is -0.339 e. The summed E-state index contributed by atoms with van der Waals surface area (Å²) in [6, 6.07) is 12.3. The Kier molecular flexibility index (Phi) is 7.50. The van der Waals surface area contributed by atoms with Gasteiger partial charge in [-0.15, -0.1) is 11.8 Å². The number of carbonyl (C=O) groups excluding carboxylic acids is 2. The zero-order chi connectivity index (χ0) is 18.4. The molecule has 0 heterocycles. The van der Waals surface area contributed by atoms with Crippen LogP contribution >= 0.6 is 46.7 Å². The first-order chi connectivity index (χ1) is 11.9. The fourth-order valence-electron chi connectivity index (χ4n) is 1.76. The monoisotopic (exact) mass is 414 g/mol. The summed E-state index contributed by atoms with van der Waals surface area (Å²) in [6.07, 6.45) is 0. The molecule has 25 heavy (non-hydrogen) atoms. The number of thioether (sulfide) groups is 2. The van der Waals surface area contributed by atoms with E-state index in [1.807, 2.05) is 6.07 Å². The van der Waals surface area contributed by atoms with Crippen LogP contribution in [0, 0.1) is 0 Å². The van der Waals surface area contributed by atoms with Crippen molar-refractivity contribution < 1.29 is 9.59 Å². The number of benzene rings is 2. The van der Waals surface area contributed by atoms with Gasteiger partial charge in [0.05, 0.1) is 16.5 Å². The maximum absolute atomic E-state index is 12.2. The molecule has 0 aliphatic carbocycles. The number of nitrogens with one attached hydrogen (secondary N) is 1. The minimum absolute atomic E-state index is 0.109. The largest absolute Gasteiger partial charge is 0.339 e. The van der Waals surface area contributed by atoms with E-state index >= 15 is 0 Å². The molecule has 2 aromatic carbocycles. The van der Waals surface area contributed by atoms with Crippen molar-refractivity contribution in [3.63, 3.8) is 0 Å². The average Bonchev–Trinajstić information content (AvgIpc) is 2.57. The molecule has 2 amide bonds. The van der Waals surface area contributed by atoms with Gasteiger partial charge in [0.15, 0.2) is 0 Å². The van der Waals surface area contributed by atoms with Crippen LogP contribution in [0.1, 0.15) is 0 Å². The number of rotatable bonds is 5. The molecule has 132 valence electrons. The molecule has 8 heteroatoms. The molecule has 0 aliphatic heterocycles. The lowest BCUT2D eigenvalue weighted by molar-refractivity contribution is -0.113. The third-order valence-electron chi connectivity index (χ3n) is 2.98. The zero-order valence-corrected chi connectivity index (χ0v) is 16.7. The summed E-state index contributed by atoms with van der Waals surface area (Å²) in [5.74, 6) is -0.00728. The van der Waals surface area contributed by atoms with E-state index in [1.54, 1.807) is 50.5 Å². The number of carbonyl (C=O) groups is 2. The molecule has 0 aliphatic rings. The molecule has 0 spiro atoms. The Bertz CT molecular complexity index is 785. The molecular weight excluding hydrogens is 399 g/mol. The number of amides is 2. The van der Waals surface area contributed by atoms with Crippen molar-refractivity contribution in [3.05, 3.63) is 52.5 Å². The van der Waals surface area contributed by atoms with Gasteiger partial charge < -0.3 is 10.2 Å². The van der Waals surface area contributed by atoms with E-state index in [4.69, 9.17) is 23.2 Å². The van der Waals surface area contributed by atoms with Gasteiger partial charge in [0.25, 0.3) is 5.24 Å². The molecule has 0 bridgehead atoms. The van der Waals surface area contributed by atoms with E-state index in [9.17, 15) is 9.59 Å². The number of halogens is 2. The molecule has 4 nitrogen and oxygen atoms in total. The maximum Gasteiger partial charge on any atom is 0.286 e. The van der Waals surface area contributed by atoms with Gasteiger partial charge in [-0.2, -0.15) is 0 Å². The third-order valence-corrected chi connectivity index (χ3v) is 5.82. The molecule has 0 radical (unpaired) electrons. The van der Waals surface area contributed by atoms with Crippen molar-refractivity contribution in [2.75, 3.05) is 25.2 Å². The van der Waals surface area contributed by atoms with Crippen molar-refractivity contribution in [3.8, 4) is 0 Å². The van der Waals surface area contributed by atoms with Crippen LogP contribution < -0.4 is 5.32 Å². The molecule has 0 saturated heterocycles. The second kappa shape index (κ2) is 9.38. The van der Waals surface area contributed by atoms with E-state index < -0.39 is 0 Å². The first-order valence-electron chi connectivity index (χ1n) is 7.22. The van der Waals surface area contributed by atoms with E-state index in [1.165, 1.54) is 16.7 Å². The van der Waals surface area contributed by atoms with E-state index in [0.29, 0.717) is 20.6 Å². The molecule has 1 N–H and O–H groups in total. The number of nitrogens with zero attached hydrogens (tertiary/aromatic N) is 1. The third kappa shape index (κ3) is 6.15. The fourth-order valence-corrected chi connectivity index (χ4v) is 3.80. The van der Waals surface area contributed by atoms with Crippen LogP contribution in [0.25, 0.3) is 0 Å². The van der Waals surface area contributed by atoms with Crippen LogP contribution in [-0.2, 0) is 4.79 Å². The van der Waals surface area contributed by atoms with Gasteiger partial charge in [0.2, 0.25) is 5.91 Å². The van der Waals surface area contributed by atoms with Crippen molar-refractivity contribution in [1.82, 2.24) is 4.90 Å². The number of hydrogen-bond donors (Lipinski definition) is 1. The van der Waals surface area contributed by atoms with Gasteiger partial charge in [-0.05, 0) is 42.1 Å². The van der Waals surface area contributed by atoms with Crippen LogP contribution in [0.4, 0.5) is 10.5 Å². The Balaban J connectivity index is 2.01. The Morgan fingerprint density at radius 2 is 1.80 bits per heavy atom. The molecule has 0 fully saturated rings. The van der Waals surface area contributed by atoms with Crippen LogP contribution in [0.3, 0.4) is 0 Å². The quantitative estimate of drug-likeness (QED) is 0.656. The number of anilines is 1. The molecule has 2 rings (SSSR count). The molecule has 2 aromatic rings. The molecule has 0 saturated carbocycles. The Labute approximate surface area is 165 Å². The zero-order valence-electron chi connectivity index (χ0n) is 13.6. The first-order valence-corrected chi connectivity index (χ1v) is 9.78. The SMILES string of the molecule is CN(C)C(=O)Sc1ccccc1NC(=O)CSc1cc(Cl)ccc1Cl. The molecular formula is C17H16Cl2N2O2S2. The van der Waals surface area contributed by atoms with Crippen molar-refractivity contribution >= 4 is 63.6 Å². The highest BCUT2D eigenvalue weighted by atomic mass is 35.5. The highest BCUT2D eigenvalue weighted by molar-refractivity contribution is 8.13. The summed E-state index contributed by atoms with van der Waals surface area (Å²) < 4.78 is 0. The Morgan fingerprint density at radius 1 is 1.08 bits per heavy atom. The predicted octanol–water partition coefficient (Wildman–Crippen LogP) is 5.50. The van der Waals surface area contributed by atoms with Crippen molar-refractivity contribution in [2.45, 2.75) is 9.79 Å². The number of para-hydroxylation sites is 1. The fraction of sp³-hybridized carbons (Fsp3) is 0.176. The lowest BCUT2D eigenvalue weighted by atomic mass is 10.3. The van der Waals surface area contributed by atoms with Crippen molar-refractivity contribution in [2.24, 2.45) is 0 Å². The summed E-state index contributed by atoms with van der Waals surface area (Å²) in [5, 5.41) is 3.84. The summed E-state index contributed by atoms with van der Waals surface area (Å²) in [6.45, 7) is 0. The summed E-state index contributed by atoms with van der Waals surface area (Å²) >= 11 is 14.4. The molecule has 0 aromatic heterocycles. The van der Waals surface area contributed by atoms with Crippen LogP contribution in [0.15, 0.2) is 52.3 Å². The van der Waals surface area contributed by atoms with Gasteiger partial charge in [0, 0.05) is 28.9 Å². The van der Waals surface area contributed by atoms with E-state index in [-0.39, 0.29) is 16.9 Å². The summed E-state index contributed by atoms with van der Waals surface area (Å²) in [5.41, 5.74) is 0.602. The van der Waals surface area contributed by atoms with Crippen molar-refractivity contribution in [1.29, 1.82) is 0 Å². The normalized spacial score (nSPS) is 10.4. The van der Waals surface area contributed by atoms with Gasteiger partial charge in [0.1, 0.15) is 0 Å². The van der Waals surface area contributed by atoms with E-state index in [0.717, 1.165) is 16.7 Å². The van der Waals surface area contributed by atoms with Gasteiger partial charge in [-0.1, -0.05) is 35.3 Å². The van der Waals surface area contributed by atoms with Gasteiger partial charge in [-0.3, -0.25) is 9.59 Å². The van der Waals surface area contributed by atoms with Gasteiger partial charge in [-0.25, -0.2) is 0 Å². The minimum atomic E-state index is -0.189. The maximum atomic E-state index is 12.2. The smallest absolute Gasteiger partial charge is 0.286 e. The number of hydrogen-bond acceptors (Lipinski definition) is 4. The molecule has 0 atom stereocenters. The standard InChI is InChI=1S/C17H16Cl2N2O2S2/c1-21(2)17(23)25-14-6-4-3-5-13(14)20-16(22)10-24-15-9-11(18)7-8-12(15)19/h3-9H,10H2,1-2H3,(H,20,22). The molecule has 0 unspecified atom stereocenters. The summed E-state index contributed by atoms with van der Waals surface area (Å²) in [7, 11) is 3.36. The topological polar surface area (TPSA) is 49.4 Å². The average molecular weight is 415 g/mol. The second-order valence-electron chi connectivity index (χ2n) is 5.17. The highest BCUT2D eigenvalue weighted by Crippen LogP contribution is 2.31. The van der Waals surface area contributed by atoms with E-state index in [2.05, 4.69) is 5.32 Å². The summed E-state index contributed by atoms with van der Waals surface area (Å²) in [4.78, 5) is 27.0. The van der Waals surface area contributed by atoms with Crippen LogP contribution in [0.2, 0.25) is 10.0 Å². The highest BCUT2D eigenvalue weighted by Gasteiger charge is 2.13. The Hall–Kier alpha value is -1.34. The lowest BCUT2D eigenvalue weighted by Gasteiger charge is -2.13. The second-order valence-corrected chi connectivity index (χ2v) is 8.02. The predicted molar refractivity (Wildman–Crippen MR) is 107 cm³/mol. The van der Waals surface area contributed by atoms with Gasteiger partial charge >= 0.3 is 0 Å². The Morgan fingerprint density at radius 3 is 2.52 bits per heavy atom. The first kappa shape index (κ1) is 20.0.